The van der Waals surface area contributed by atoms with Gasteiger partial charge in [0.2, 0.25) is 59.1 Å². The topological polar surface area (TPSA) is 484 Å². The minimum Gasteiger partial charge on any atom is -0.508 e. The summed E-state index contributed by atoms with van der Waals surface area (Å²) in [6.45, 7) is -1.68. The van der Waals surface area contributed by atoms with Crippen molar-refractivity contribution in [2.45, 2.75) is 227 Å². The number of hydrogen-bond acceptors (Lipinski definition) is 18. The maximum absolute atomic E-state index is 13.7. The predicted molar refractivity (Wildman–Crippen MR) is 329 cm³/mol. The summed E-state index contributed by atoms with van der Waals surface area (Å²) in [5, 5.41) is 75.6. The van der Waals surface area contributed by atoms with Gasteiger partial charge in [-0.25, -0.2) is 0 Å². The molecule has 89 heavy (non-hydrogen) atoms. The van der Waals surface area contributed by atoms with Crippen molar-refractivity contribution in [3.63, 3.8) is 0 Å². The van der Waals surface area contributed by atoms with Crippen LogP contribution in [0.1, 0.15) is 166 Å². The molecule has 28 nitrogen and oxygen atoms in total. The van der Waals surface area contributed by atoms with E-state index in [0.29, 0.717) is 109 Å². The number of amides is 10. The molecule has 0 radical (unpaired) electrons. The van der Waals surface area contributed by atoms with Gasteiger partial charge in [-0.3, -0.25) is 47.9 Å². The maximum atomic E-state index is 13.7. The van der Waals surface area contributed by atoms with Gasteiger partial charge in [0.1, 0.15) is 5.75 Å². The molecule has 1 aromatic carbocycles. The fourth-order valence-electron chi connectivity index (χ4n) is 12.2. The molecular weight excluding hydrogens is 1150 g/mol. The third-order valence-electron chi connectivity index (χ3n) is 16.9. The van der Waals surface area contributed by atoms with E-state index in [0.717, 1.165) is 31.2 Å². The summed E-state index contributed by atoms with van der Waals surface area (Å²) in [5.74, 6) is -6.97. The fourth-order valence-corrected chi connectivity index (χ4v) is 12.2. The first kappa shape index (κ1) is 74.9. The lowest BCUT2D eigenvalue weighted by molar-refractivity contribution is -0.132. The van der Waals surface area contributed by atoms with Crippen molar-refractivity contribution in [3.05, 3.63) is 29.8 Å². The van der Waals surface area contributed by atoms with E-state index in [1.807, 2.05) is 0 Å². The molecule has 4 rings (SSSR count). The molecule has 502 valence electrons. The Morgan fingerprint density at radius 3 is 1.10 bits per heavy atom. The molecule has 10 amide bonds. The van der Waals surface area contributed by atoms with Crippen LogP contribution in [-0.2, 0) is 54.4 Å². The van der Waals surface area contributed by atoms with Crippen molar-refractivity contribution in [2.24, 2.45) is 40.7 Å². The zero-order valence-corrected chi connectivity index (χ0v) is 51.6. The summed E-state index contributed by atoms with van der Waals surface area (Å²) in [5.41, 5.74) is 23.9. The third-order valence-corrected chi connectivity index (χ3v) is 16.9. The number of phenolic OH excluding ortho intramolecular Hbond substituents is 1. The molecule has 22 N–H and O–H groups in total. The van der Waals surface area contributed by atoms with E-state index >= 15 is 0 Å². The highest BCUT2D eigenvalue weighted by Gasteiger charge is 2.38. The molecule has 1 aromatic rings. The van der Waals surface area contributed by atoms with Crippen LogP contribution in [0.5, 0.6) is 5.75 Å². The minimum absolute atomic E-state index is 0.00261. The Kier molecular flexibility index (Phi) is 34.5. The lowest BCUT2D eigenvalue weighted by Crippen LogP contribution is -2.53. The van der Waals surface area contributed by atoms with Crippen LogP contribution in [0.4, 0.5) is 0 Å². The number of nitrogens with two attached hydrogens (primary N) is 4. The Morgan fingerprint density at radius 2 is 0.730 bits per heavy atom. The SMILES string of the molecule is NCCCC[C@@H](CC(=O)N[C@H]1CCCC[C@@H]1C(=O)N[C@@H](CO)CC(=O)N[C@@H](CO)CC(=O)N[C@@H](CO)CC(=O)N[C@H]1CCCC[C@@H]1C(=O)N[C@@H](CO)CC(=O)N[C@H]1CCCC[C@@H]1C(=O)N[C@@H](CCCCN)CC(N)=O)NC(=O)C[C@@H](N)Cc1ccc(O)cc1. The zero-order chi connectivity index (χ0) is 65.3. The standard InChI is InChI=1S/C61H103N13O15/c62-23-9-7-11-39(27-52(65)80)69-59(87)46-13-1-4-16-49(46)74-58(86)32-44(36-78)71-61(89)48-15-3-6-18-51(48)73-57(85)30-42(34-76)68-54(82)29-41(33-75)67-55(83)31-43(35-77)70-60(88)47-14-2-5-17-50(47)72-56(84)28-40(12-8-10-24-63)66-53(81)26-38(64)25-37-19-21-45(79)22-20-37/h19-22,38-44,46-51,75-79H,1-18,23-36,62-64H2,(H2,65,80)(H,66,81)(H,67,83)(H,68,82)(H,69,87)(H,70,88)(H,71,89)(H,72,84)(H,73,85)(H,74,86)/t38-,39-,40-,41+,42+,43+,44+,46-,47-,48-,49-,50-,51-/m0/s1. The van der Waals surface area contributed by atoms with Crippen molar-refractivity contribution in [3.8, 4) is 5.75 Å². The summed E-state index contributed by atoms with van der Waals surface area (Å²) in [4.78, 5) is 133. The zero-order valence-electron chi connectivity index (χ0n) is 51.6. The first-order valence-electron chi connectivity index (χ1n) is 32.0. The van der Waals surface area contributed by atoms with Crippen LogP contribution in [0, 0.1) is 17.8 Å². The molecule has 0 bridgehead atoms. The number of rotatable bonds is 40. The van der Waals surface area contributed by atoms with Crippen LogP contribution in [0.25, 0.3) is 0 Å². The summed E-state index contributed by atoms with van der Waals surface area (Å²) >= 11 is 0. The highest BCUT2D eigenvalue weighted by atomic mass is 16.3. The van der Waals surface area contributed by atoms with Gasteiger partial charge in [0, 0.05) is 81.2 Å². The number of primary amides is 1. The number of aliphatic hydroxyl groups is 4. The normalized spacial score (nSPS) is 21.6. The second kappa shape index (κ2) is 40.9. The number of carbonyl (C=O) groups is 10. The van der Waals surface area contributed by atoms with Gasteiger partial charge in [-0.1, -0.05) is 63.5 Å². The van der Waals surface area contributed by atoms with Gasteiger partial charge in [-0.05, 0) is 101 Å². The van der Waals surface area contributed by atoms with Crippen LogP contribution < -0.4 is 70.8 Å². The van der Waals surface area contributed by atoms with Crippen molar-refractivity contribution in [1.82, 2.24) is 47.9 Å². The summed E-state index contributed by atoms with van der Waals surface area (Å²) in [7, 11) is 0. The van der Waals surface area contributed by atoms with Gasteiger partial charge in [-0.2, -0.15) is 0 Å². The molecule has 0 spiro atoms. The lowest BCUT2D eigenvalue weighted by Gasteiger charge is -2.34. The predicted octanol–water partition coefficient (Wildman–Crippen LogP) is -2.36. The summed E-state index contributed by atoms with van der Waals surface area (Å²) in [6.07, 6.45) is 9.48. The summed E-state index contributed by atoms with van der Waals surface area (Å²) < 4.78 is 0. The van der Waals surface area contributed by atoms with Crippen molar-refractivity contribution < 1.29 is 73.5 Å². The number of nitrogens with one attached hydrogen (secondary N) is 9. The second-order valence-corrected chi connectivity index (χ2v) is 24.4. The van der Waals surface area contributed by atoms with Crippen LogP contribution in [0.3, 0.4) is 0 Å². The first-order valence-corrected chi connectivity index (χ1v) is 32.0. The lowest BCUT2D eigenvalue weighted by atomic mass is 9.83. The van der Waals surface area contributed by atoms with Crippen LogP contribution in [0.15, 0.2) is 24.3 Å². The Morgan fingerprint density at radius 1 is 0.416 bits per heavy atom. The van der Waals surface area contributed by atoms with Crippen LogP contribution in [0.2, 0.25) is 0 Å². The molecule has 13 atom stereocenters. The molecule has 3 saturated carbocycles. The molecule has 3 fully saturated rings. The monoisotopic (exact) mass is 1260 g/mol. The maximum Gasteiger partial charge on any atom is 0.225 e. The molecule has 3 aliphatic carbocycles. The molecule has 0 saturated heterocycles. The first-order chi connectivity index (χ1) is 42.7. The molecule has 0 heterocycles. The highest BCUT2D eigenvalue weighted by molar-refractivity contribution is 5.87. The number of hydrogen-bond donors (Lipinski definition) is 18. The van der Waals surface area contributed by atoms with E-state index < -0.39 is 165 Å². The number of phenols is 1. The smallest absolute Gasteiger partial charge is 0.225 e. The molecular formula is C61H103N13O15. The van der Waals surface area contributed by atoms with Gasteiger partial charge in [0.05, 0.1) is 68.3 Å². The average Bonchev–Trinajstić information content (AvgIpc) is 2.91. The minimum atomic E-state index is -1.15. The Hall–Kier alpha value is -6.56. The van der Waals surface area contributed by atoms with E-state index in [-0.39, 0.29) is 49.2 Å². The van der Waals surface area contributed by atoms with Gasteiger partial charge in [-0.15, -0.1) is 0 Å². The van der Waals surface area contributed by atoms with Crippen molar-refractivity contribution in [1.29, 1.82) is 0 Å². The van der Waals surface area contributed by atoms with E-state index in [4.69, 9.17) is 22.9 Å². The quantitative estimate of drug-likeness (QED) is 0.0306. The van der Waals surface area contributed by atoms with Crippen LogP contribution in [-0.4, -0.2) is 185 Å². The molecule has 0 aliphatic heterocycles. The van der Waals surface area contributed by atoms with Gasteiger partial charge in [0.25, 0.3) is 0 Å². The Labute approximate surface area is 521 Å². The Bertz CT molecular complexity index is 2410. The summed E-state index contributed by atoms with van der Waals surface area (Å²) in [6, 6.07) is -1.07. The van der Waals surface area contributed by atoms with Crippen molar-refractivity contribution >= 4 is 59.1 Å². The van der Waals surface area contributed by atoms with Crippen LogP contribution >= 0.6 is 0 Å². The number of aromatic hydroxyl groups is 1. The largest absolute Gasteiger partial charge is 0.508 e. The molecule has 0 unspecified atom stereocenters. The highest BCUT2D eigenvalue weighted by Crippen LogP contribution is 2.28. The molecule has 3 aliphatic rings. The van der Waals surface area contributed by atoms with E-state index in [2.05, 4.69) is 47.9 Å². The molecule has 28 heteroatoms. The van der Waals surface area contributed by atoms with E-state index in [1.165, 1.54) is 0 Å². The number of unbranched alkanes of at least 4 members (excludes halogenated alkanes) is 2. The van der Waals surface area contributed by atoms with Gasteiger partial charge < -0.3 is 96.3 Å². The third kappa shape index (κ3) is 28.4. The van der Waals surface area contributed by atoms with Gasteiger partial charge >= 0.3 is 0 Å². The number of aliphatic hydroxyl groups excluding tert-OH is 4. The average molecular weight is 1260 g/mol. The van der Waals surface area contributed by atoms with E-state index in [9.17, 15) is 73.5 Å². The number of carbonyl (C=O) groups excluding carboxylic acids is 10. The van der Waals surface area contributed by atoms with Crippen molar-refractivity contribution in [2.75, 3.05) is 39.5 Å². The number of benzene rings is 1. The Balaban J connectivity index is 1.22. The fraction of sp³-hybridized carbons (Fsp3) is 0.738. The van der Waals surface area contributed by atoms with E-state index in [1.54, 1.807) is 24.3 Å². The van der Waals surface area contributed by atoms with Gasteiger partial charge in [0.15, 0.2) is 0 Å². The second-order valence-electron chi connectivity index (χ2n) is 24.4. The molecule has 0 aromatic heterocycles.